The Morgan fingerprint density at radius 3 is 2.67 bits per heavy atom. The Balaban J connectivity index is 2.14. The Bertz CT molecular complexity index is 647. The number of rotatable bonds is 2. The molecule has 18 heavy (non-hydrogen) atoms. The van der Waals surface area contributed by atoms with Crippen LogP contribution in [0.1, 0.15) is 0 Å². The van der Waals surface area contributed by atoms with E-state index < -0.39 is 15.9 Å². The first-order valence-corrected chi connectivity index (χ1v) is 6.81. The third kappa shape index (κ3) is 2.72. The minimum Gasteiger partial charge on any atom is -0.306 e. The minimum atomic E-state index is -3.33. The maximum absolute atomic E-state index is 11.6. The monoisotopic (exact) mass is 266 g/mol. The first-order chi connectivity index (χ1) is 8.47. The van der Waals surface area contributed by atoms with E-state index in [1.165, 1.54) is 41.6 Å². The number of amides is 1. The number of carbonyl (C=O) groups excluding carboxylic acids is 1. The van der Waals surface area contributed by atoms with Crippen LogP contribution in [0.3, 0.4) is 0 Å². The number of aromatic nitrogens is 3. The number of nitrogens with zero attached hydrogens (tertiary/aromatic N) is 3. The molecule has 8 heteroatoms. The van der Waals surface area contributed by atoms with Crippen molar-refractivity contribution >= 4 is 21.6 Å². The highest BCUT2D eigenvalue weighted by molar-refractivity contribution is 7.90. The number of pyridine rings is 1. The normalized spacial score (nSPS) is 11.2. The molecule has 1 amide bonds. The Morgan fingerprint density at radius 2 is 2.17 bits per heavy atom. The van der Waals surface area contributed by atoms with E-state index in [4.69, 9.17) is 0 Å². The minimum absolute atomic E-state index is 0.0388. The maximum Gasteiger partial charge on any atom is 0.331 e. The van der Waals surface area contributed by atoms with E-state index >= 15 is 0 Å². The van der Waals surface area contributed by atoms with Gasteiger partial charge < -0.3 is 5.32 Å². The summed E-state index contributed by atoms with van der Waals surface area (Å²) in [6.07, 6.45) is 6.68. The highest BCUT2D eigenvalue weighted by Crippen LogP contribution is 2.10. The summed E-state index contributed by atoms with van der Waals surface area (Å²) in [5.41, 5.74) is 0.404. The van der Waals surface area contributed by atoms with Gasteiger partial charge in [-0.05, 0) is 12.1 Å². The van der Waals surface area contributed by atoms with E-state index in [0.717, 1.165) is 6.26 Å². The molecule has 0 spiro atoms. The van der Waals surface area contributed by atoms with Crippen molar-refractivity contribution in [1.82, 2.24) is 14.5 Å². The summed E-state index contributed by atoms with van der Waals surface area (Å²) in [6.45, 7) is 0. The van der Waals surface area contributed by atoms with Gasteiger partial charge in [-0.15, -0.1) is 0 Å². The van der Waals surface area contributed by atoms with E-state index in [-0.39, 0.29) is 5.03 Å². The molecule has 94 valence electrons. The number of nitrogens with one attached hydrogen (secondary N) is 1. The second kappa shape index (κ2) is 4.57. The molecule has 2 heterocycles. The lowest BCUT2D eigenvalue weighted by molar-refractivity contribution is 0.253. The molecule has 7 nitrogen and oxygen atoms in total. The van der Waals surface area contributed by atoms with Gasteiger partial charge in [-0.25, -0.2) is 23.2 Å². The van der Waals surface area contributed by atoms with Crippen molar-refractivity contribution in [3.63, 3.8) is 0 Å². The highest BCUT2D eigenvalue weighted by atomic mass is 32.2. The van der Waals surface area contributed by atoms with Crippen LogP contribution < -0.4 is 5.32 Å². The first kappa shape index (κ1) is 12.2. The fraction of sp³-hybridized carbons (Fsp3) is 0.100. The molecule has 1 N–H and O–H groups in total. The topological polar surface area (TPSA) is 94.0 Å². The standard InChI is InChI=1S/C10H10N4O3S/c1-18(16,17)9-3-2-8(6-12-9)13-10(15)14-5-4-11-7-14/h2-7H,1H3,(H,13,15). The summed E-state index contributed by atoms with van der Waals surface area (Å²) >= 11 is 0. The SMILES string of the molecule is CS(=O)(=O)c1ccc(NC(=O)n2ccnc2)cn1. The van der Waals surface area contributed by atoms with Crippen molar-refractivity contribution < 1.29 is 13.2 Å². The van der Waals surface area contributed by atoms with Crippen molar-refractivity contribution in [3.8, 4) is 0 Å². The fourth-order valence-electron chi connectivity index (χ4n) is 1.24. The van der Waals surface area contributed by atoms with Crippen LogP contribution in [-0.2, 0) is 9.84 Å². The van der Waals surface area contributed by atoms with Gasteiger partial charge in [0.05, 0.1) is 11.9 Å². The summed E-state index contributed by atoms with van der Waals surface area (Å²) in [4.78, 5) is 19.1. The molecule has 0 saturated carbocycles. The van der Waals surface area contributed by atoms with Crippen molar-refractivity contribution in [1.29, 1.82) is 0 Å². The second-order valence-corrected chi connectivity index (χ2v) is 5.52. The quantitative estimate of drug-likeness (QED) is 0.866. The van der Waals surface area contributed by atoms with Crippen molar-refractivity contribution in [2.75, 3.05) is 11.6 Å². The molecule has 0 saturated heterocycles. The average Bonchev–Trinajstić information content (AvgIpc) is 2.82. The van der Waals surface area contributed by atoms with Gasteiger partial charge in [0.15, 0.2) is 14.9 Å². The van der Waals surface area contributed by atoms with Crippen LogP contribution in [0.25, 0.3) is 0 Å². The number of sulfone groups is 1. The molecule has 0 bridgehead atoms. The smallest absolute Gasteiger partial charge is 0.306 e. The van der Waals surface area contributed by atoms with Crippen LogP contribution in [0.5, 0.6) is 0 Å². The number of hydrogen-bond donors (Lipinski definition) is 1. The first-order valence-electron chi connectivity index (χ1n) is 4.92. The van der Waals surface area contributed by atoms with E-state index in [1.807, 2.05) is 0 Å². The number of imidazole rings is 1. The van der Waals surface area contributed by atoms with Gasteiger partial charge in [-0.3, -0.25) is 4.57 Å². The number of anilines is 1. The second-order valence-electron chi connectivity index (χ2n) is 3.56. The van der Waals surface area contributed by atoms with Gasteiger partial charge in [-0.1, -0.05) is 0 Å². The lowest BCUT2D eigenvalue weighted by Gasteiger charge is -2.05. The molecule has 0 aliphatic heterocycles. The van der Waals surface area contributed by atoms with Crippen LogP contribution in [0, 0.1) is 0 Å². The summed E-state index contributed by atoms with van der Waals surface area (Å²) in [5, 5.41) is 2.51. The predicted molar refractivity (Wildman–Crippen MR) is 64.0 cm³/mol. The third-order valence-electron chi connectivity index (χ3n) is 2.11. The van der Waals surface area contributed by atoms with Crippen molar-refractivity contribution in [3.05, 3.63) is 37.1 Å². The lowest BCUT2D eigenvalue weighted by atomic mass is 10.4. The fourth-order valence-corrected chi connectivity index (χ4v) is 1.80. The molecular formula is C10H10N4O3S. The zero-order chi connectivity index (χ0) is 13.2. The molecule has 0 unspecified atom stereocenters. The number of carbonyl (C=O) groups is 1. The van der Waals surface area contributed by atoms with Crippen LogP contribution >= 0.6 is 0 Å². The summed E-state index contributed by atoms with van der Waals surface area (Å²) < 4.78 is 23.6. The number of hydrogen-bond acceptors (Lipinski definition) is 5. The van der Waals surface area contributed by atoms with Gasteiger partial charge in [-0.2, -0.15) is 0 Å². The Hall–Kier alpha value is -2.22. The molecule has 2 rings (SSSR count). The molecule has 0 aromatic carbocycles. The average molecular weight is 266 g/mol. The zero-order valence-corrected chi connectivity index (χ0v) is 10.3. The van der Waals surface area contributed by atoms with Gasteiger partial charge in [0.1, 0.15) is 6.33 Å². The van der Waals surface area contributed by atoms with Gasteiger partial charge in [0.2, 0.25) is 0 Å². The highest BCUT2D eigenvalue weighted by Gasteiger charge is 2.09. The Kier molecular flexibility index (Phi) is 3.11. The van der Waals surface area contributed by atoms with Crippen molar-refractivity contribution in [2.45, 2.75) is 5.03 Å². The van der Waals surface area contributed by atoms with E-state index in [0.29, 0.717) is 5.69 Å². The van der Waals surface area contributed by atoms with Gasteiger partial charge in [0, 0.05) is 18.6 Å². The molecular weight excluding hydrogens is 256 g/mol. The van der Waals surface area contributed by atoms with E-state index in [1.54, 1.807) is 0 Å². The van der Waals surface area contributed by atoms with Crippen LogP contribution in [0.2, 0.25) is 0 Å². The predicted octanol–water partition coefficient (Wildman–Crippen LogP) is 0.762. The molecule has 0 aliphatic carbocycles. The van der Waals surface area contributed by atoms with E-state index in [2.05, 4.69) is 15.3 Å². The maximum atomic E-state index is 11.6. The molecule has 2 aromatic rings. The summed E-state index contributed by atoms with van der Waals surface area (Å²) in [7, 11) is -3.33. The Morgan fingerprint density at radius 1 is 1.39 bits per heavy atom. The molecule has 0 fully saturated rings. The largest absolute Gasteiger partial charge is 0.331 e. The summed E-state index contributed by atoms with van der Waals surface area (Å²) in [6, 6.07) is 2.40. The van der Waals surface area contributed by atoms with Crippen LogP contribution in [-0.4, -0.2) is 35.2 Å². The van der Waals surface area contributed by atoms with Gasteiger partial charge >= 0.3 is 6.03 Å². The van der Waals surface area contributed by atoms with Gasteiger partial charge in [0.25, 0.3) is 0 Å². The zero-order valence-electron chi connectivity index (χ0n) is 9.44. The van der Waals surface area contributed by atoms with Crippen molar-refractivity contribution in [2.24, 2.45) is 0 Å². The lowest BCUT2D eigenvalue weighted by Crippen LogP contribution is -2.18. The van der Waals surface area contributed by atoms with Crippen LogP contribution in [0.15, 0.2) is 42.1 Å². The Labute approximate surface area is 103 Å². The third-order valence-corrected chi connectivity index (χ3v) is 3.11. The molecule has 0 aliphatic rings. The molecule has 2 aromatic heterocycles. The van der Waals surface area contributed by atoms with Crippen LogP contribution in [0.4, 0.5) is 10.5 Å². The van der Waals surface area contributed by atoms with E-state index in [9.17, 15) is 13.2 Å². The molecule has 0 radical (unpaired) electrons. The summed E-state index contributed by atoms with van der Waals surface area (Å²) in [5.74, 6) is 0. The molecule has 0 atom stereocenters.